The lowest BCUT2D eigenvalue weighted by molar-refractivity contribution is -0.118. The lowest BCUT2D eigenvalue weighted by Gasteiger charge is -2.08. The first-order valence-electron chi connectivity index (χ1n) is 5.78. The van der Waals surface area contributed by atoms with Crippen LogP contribution in [0.15, 0.2) is 46.9 Å². The molecule has 0 fully saturated rings. The van der Waals surface area contributed by atoms with Crippen LogP contribution in [0.3, 0.4) is 0 Å². The van der Waals surface area contributed by atoms with Gasteiger partial charge in [0.05, 0.1) is 5.02 Å². The largest absolute Gasteiger partial charge is 0.484 e. The van der Waals surface area contributed by atoms with Crippen LogP contribution in [0.1, 0.15) is 0 Å². The third kappa shape index (κ3) is 4.15. The molecule has 2 aromatic carbocycles. The highest BCUT2D eigenvalue weighted by molar-refractivity contribution is 9.10. The predicted molar refractivity (Wildman–Crippen MR) is 84.1 cm³/mol. The summed E-state index contributed by atoms with van der Waals surface area (Å²) in [6.45, 7) is -0.0792. The van der Waals surface area contributed by atoms with E-state index in [1.807, 2.05) is 0 Å². The molecule has 6 heteroatoms. The second kappa shape index (κ2) is 6.63. The van der Waals surface area contributed by atoms with E-state index in [0.29, 0.717) is 22.1 Å². The zero-order valence-corrected chi connectivity index (χ0v) is 12.7. The number of hydrogen-bond donors (Lipinski definition) is 2. The van der Waals surface area contributed by atoms with Gasteiger partial charge in [0.1, 0.15) is 5.75 Å². The molecule has 1 amide bonds. The number of carbonyl (C=O) groups excluding carboxylic acids is 1. The quantitative estimate of drug-likeness (QED) is 0.822. The Hall–Kier alpha value is -1.72. The first-order chi connectivity index (χ1) is 9.54. The van der Waals surface area contributed by atoms with Crippen LogP contribution in [-0.2, 0) is 4.79 Å². The van der Waals surface area contributed by atoms with Gasteiger partial charge in [-0.3, -0.25) is 4.79 Å². The van der Waals surface area contributed by atoms with Crippen molar-refractivity contribution >= 4 is 44.8 Å². The average Bonchev–Trinajstić information content (AvgIpc) is 2.42. The van der Waals surface area contributed by atoms with Crippen molar-refractivity contribution in [2.45, 2.75) is 0 Å². The van der Waals surface area contributed by atoms with Gasteiger partial charge >= 0.3 is 0 Å². The first-order valence-corrected chi connectivity index (χ1v) is 6.95. The van der Waals surface area contributed by atoms with Gasteiger partial charge < -0.3 is 15.8 Å². The number of ether oxygens (including phenoxy) is 1. The van der Waals surface area contributed by atoms with Crippen LogP contribution in [0.25, 0.3) is 0 Å². The summed E-state index contributed by atoms with van der Waals surface area (Å²) in [5.74, 6) is 0.336. The Bertz CT molecular complexity index is 617. The molecule has 104 valence electrons. The third-order valence-corrected chi connectivity index (χ3v) is 3.67. The molecule has 0 aromatic heterocycles. The van der Waals surface area contributed by atoms with E-state index in [9.17, 15) is 4.79 Å². The number of amides is 1. The number of benzene rings is 2. The second-order valence-electron chi connectivity index (χ2n) is 4.03. The van der Waals surface area contributed by atoms with Crippen LogP contribution >= 0.6 is 27.5 Å². The van der Waals surface area contributed by atoms with Crippen molar-refractivity contribution in [3.05, 3.63) is 52.0 Å². The molecule has 0 saturated carbocycles. The smallest absolute Gasteiger partial charge is 0.262 e. The molecule has 0 radical (unpaired) electrons. The van der Waals surface area contributed by atoms with Crippen LogP contribution in [0.5, 0.6) is 5.75 Å². The minimum absolute atomic E-state index is 0.0792. The molecule has 0 spiro atoms. The molecular formula is C14H12BrClN2O2. The van der Waals surface area contributed by atoms with E-state index in [2.05, 4.69) is 21.2 Å². The zero-order valence-electron chi connectivity index (χ0n) is 10.4. The SMILES string of the molecule is Nc1ccc(OCC(=O)Nc2ccc(Cl)c(Br)c2)cc1. The number of halogens is 2. The van der Waals surface area contributed by atoms with Crippen molar-refractivity contribution < 1.29 is 9.53 Å². The van der Waals surface area contributed by atoms with Crippen LogP contribution in [0.4, 0.5) is 11.4 Å². The van der Waals surface area contributed by atoms with Crippen molar-refractivity contribution in [3.8, 4) is 5.75 Å². The molecule has 0 unspecified atom stereocenters. The summed E-state index contributed by atoms with van der Waals surface area (Å²) >= 11 is 9.17. The van der Waals surface area contributed by atoms with Crippen molar-refractivity contribution in [1.29, 1.82) is 0 Å². The Morgan fingerprint density at radius 3 is 2.60 bits per heavy atom. The monoisotopic (exact) mass is 354 g/mol. The minimum atomic E-state index is -0.254. The molecule has 0 atom stereocenters. The molecule has 0 bridgehead atoms. The number of hydrogen-bond acceptors (Lipinski definition) is 3. The van der Waals surface area contributed by atoms with Gasteiger partial charge in [0.2, 0.25) is 0 Å². The standard InChI is InChI=1S/C14H12BrClN2O2/c15-12-7-10(3-6-13(12)16)18-14(19)8-20-11-4-1-9(17)2-5-11/h1-7H,8,17H2,(H,18,19). The highest BCUT2D eigenvalue weighted by Crippen LogP contribution is 2.25. The molecule has 0 aliphatic carbocycles. The maximum absolute atomic E-state index is 11.7. The topological polar surface area (TPSA) is 64.3 Å². The predicted octanol–water partition coefficient (Wildman–Crippen LogP) is 3.70. The number of nitrogens with two attached hydrogens (primary N) is 1. The Morgan fingerprint density at radius 1 is 1.25 bits per heavy atom. The molecular weight excluding hydrogens is 344 g/mol. The van der Waals surface area contributed by atoms with E-state index in [1.54, 1.807) is 42.5 Å². The van der Waals surface area contributed by atoms with Gasteiger partial charge in [-0.2, -0.15) is 0 Å². The van der Waals surface area contributed by atoms with Crippen molar-refractivity contribution in [2.24, 2.45) is 0 Å². The van der Waals surface area contributed by atoms with E-state index in [4.69, 9.17) is 22.1 Å². The lowest BCUT2D eigenvalue weighted by atomic mass is 10.3. The van der Waals surface area contributed by atoms with E-state index < -0.39 is 0 Å². The maximum atomic E-state index is 11.7. The summed E-state index contributed by atoms with van der Waals surface area (Å²) in [4.78, 5) is 11.7. The summed E-state index contributed by atoms with van der Waals surface area (Å²) < 4.78 is 6.06. The molecule has 0 heterocycles. The van der Waals surface area contributed by atoms with Gasteiger partial charge in [-0.15, -0.1) is 0 Å². The number of carbonyl (C=O) groups is 1. The maximum Gasteiger partial charge on any atom is 0.262 e. The highest BCUT2D eigenvalue weighted by atomic mass is 79.9. The van der Waals surface area contributed by atoms with Crippen molar-refractivity contribution in [1.82, 2.24) is 0 Å². The molecule has 0 saturated heterocycles. The Kier molecular flexibility index (Phi) is 4.87. The Morgan fingerprint density at radius 2 is 1.95 bits per heavy atom. The van der Waals surface area contributed by atoms with E-state index in [0.717, 1.165) is 4.47 Å². The van der Waals surface area contributed by atoms with E-state index in [1.165, 1.54) is 0 Å². The number of nitrogens with one attached hydrogen (secondary N) is 1. The fraction of sp³-hybridized carbons (Fsp3) is 0.0714. The number of anilines is 2. The molecule has 2 rings (SSSR count). The molecule has 0 aliphatic rings. The molecule has 4 nitrogen and oxygen atoms in total. The fourth-order valence-electron chi connectivity index (χ4n) is 1.48. The van der Waals surface area contributed by atoms with Crippen molar-refractivity contribution in [2.75, 3.05) is 17.7 Å². The van der Waals surface area contributed by atoms with E-state index >= 15 is 0 Å². The number of nitrogen functional groups attached to an aromatic ring is 1. The normalized spacial score (nSPS) is 10.1. The van der Waals surface area contributed by atoms with Crippen LogP contribution in [-0.4, -0.2) is 12.5 Å². The first kappa shape index (κ1) is 14.7. The summed E-state index contributed by atoms with van der Waals surface area (Å²) in [5, 5.41) is 3.30. The molecule has 3 N–H and O–H groups in total. The van der Waals surface area contributed by atoms with Gasteiger partial charge in [0, 0.05) is 15.8 Å². The van der Waals surface area contributed by atoms with Gasteiger partial charge in [0.25, 0.3) is 5.91 Å². The van der Waals surface area contributed by atoms with Gasteiger partial charge in [0.15, 0.2) is 6.61 Å². The minimum Gasteiger partial charge on any atom is -0.484 e. The molecule has 0 aliphatic heterocycles. The summed E-state index contributed by atoms with van der Waals surface area (Å²) in [7, 11) is 0. The second-order valence-corrected chi connectivity index (χ2v) is 5.30. The number of rotatable bonds is 4. The van der Waals surface area contributed by atoms with Crippen LogP contribution < -0.4 is 15.8 Å². The summed E-state index contributed by atoms with van der Waals surface area (Å²) in [6, 6.07) is 12.0. The zero-order chi connectivity index (χ0) is 14.5. The molecule has 20 heavy (non-hydrogen) atoms. The van der Waals surface area contributed by atoms with Crippen LogP contribution in [0, 0.1) is 0 Å². The van der Waals surface area contributed by atoms with Gasteiger partial charge in [-0.25, -0.2) is 0 Å². The lowest BCUT2D eigenvalue weighted by Crippen LogP contribution is -2.20. The highest BCUT2D eigenvalue weighted by Gasteiger charge is 2.05. The Labute approximate surface area is 130 Å². The average molecular weight is 356 g/mol. The summed E-state index contributed by atoms with van der Waals surface area (Å²) in [5.41, 5.74) is 6.85. The Balaban J connectivity index is 1.89. The molecule has 2 aromatic rings. The van der Waals surface area contributed by atoms with Gasteiger partial charge in [-0.1, -0.05) is 11.6 Å². The third-order valence-electron chi connectivity index (χ3n) is 2.45. The van der Waals surface area contributed by atoms with Crippen LogP contribution in [0.2, 0.25) is 5.02 Å². The van der Waals surface area contributed by atoms with E-state index in [-0.39, 0.29) is 12.5 Å². The van der Waals surface area contributed by atoms with Gasteiger partial charge in [-0.05, 0) is 58.4 Å². The summed E-state index contributed by atoms with van der Waals surface area (Å²) in [6.07, 6.45) is 0. The van der Waals surface area contributed by atoms with Crippen molar-refractivity contribution in [3.63, 3.8) is 0 Å². The fourth-order valence-corrected chi connectivity index (χ4v) is 1.98.